The second-order valence-electron chi connectivity index (χ2n) is 3.00. The van der Waals surface area contributed by atoms with Crippen LogP contribution in [-0.4, -0.2) is 11.3 Å². The van der Waals surface area contributed by atoms with Crippen LogP contribution in [0, 0.1) is 0 Å². The predicted molar refractivity (Wildman–Crippen MR) is 67.8 cm³/mol. The van der Waals surface area contributed by atoms with E-state index < -0.39 is 0 Å². The Hall–Kier alpha value is -1.42. The first kappa shape index (κ1) is 11.7. The van der Waals surface area contributed by atoms with Gasteiger partial charge in [0.2, 0.25) is 0 Å². The fraction of sp³-hybridized carbons (Fsp3) is 0.273. The van der Waals surface area contributed by atoms with Crippen molar-refractivity contribution in [2.24, 2.45) is 5.10 Å². The molecule has 0 fully saturated rings. The maximum absolute atomic E-state index is 5.03. The topological polar surface area (TPSA) is 36.4 Å². The lowest BCUT2D eigenvalue weighted by molar-refractivity contribution is 0.867. The second-order valence-corrected chi connectivity index (χ2v) is 3.41. The highest BCUT2D eigenvalue weighted by Crippen LogP contribution is 1.96. The van der Waals surface area contributed by atoms with Crippen LogP contribution in [0.15, 0.2) is 35.4 Å². The third kappa shape index (κ3) is 5.12. The summed E-state index contributed by atoms with van der Waals surface area (Å²) in [5, 5.41) is 7.53. The summed E-state index contributed by atoms with van der Waals surface area (Å²) in [5.41, 5.74) is 3.94. The van der Waals surface area contributed by atoms with E-state index in [1.165, 1.54) is 5.56 Å². The van der Waals surface area contributed by atoms with Gasteiger partial charge in [-0.2, -0.15) is 5.10 Å². The summed E-state index contributed by atoms with van der Waals surface area (Å²) < 4.78 is 0. The zero-order valence-corrected chi connectivity index (χ0v) is 9.55. The van der Waals surface area contributed by atoms with Crippen LogP contribution in [0.25, 0.3) is 0 Å². The SMILES string of the molecule is CCC=NNC(=S)NCc1ccccc1. The Morgan fingerprint density at radius 2 is 2.13 bits per heavy atom. The Morgan fingerprint density at radius 3 is 2.80 bits per heavy atom. The molecule has 0 bridgehead atoms. The molecule has 0 aliphatic carbocycles. The molecule has 0 saturated heterocycles. The quantitative estimate of drug-likeness (QED) is 0.464. The zero-order valence-electron chi connectivity index (χ0n) is 8.73. The summed E-state index contributed by atoms with van der Waals surface area (Å²) in [6.07, 6.45) is 2.67. The summed E-state index contributed by atoms with van der Waals surface area (Å²) in [6, 6.07) is 10.1. The molecule has 0 spiro atoms. The number of hydrogen-bond acceptors (Lipinski definition) is 2. The first-order chi connectivity index (χ1) is 7.33. The van der Waals surface area contributed by atoms with Gasteiger partial charge in [0.1, 0.15) is 0 Å². The molecule has 2 N–H and O–H groups in total. The first-order valence-corrected chi connectivity index (χ1v) is 5.33. The summed E-state index contributed by atoms with van der Waals surface area (Å²) >= 11 is 5.03. The van der Waals surface area contributed by atoms with Crippen LogP contribution >= 0.6 is 12.2 Å². The molecule has 1 rings (SSSR count). The summed E-state index contributed by atoms with van der Waals surface area (Å²) in [5.74, 6) is 0. The molecule has 0 saturated carbocycles. The summed E-state index contributed by atoms with van der Waals surface area (Å²) in [7, 11) is 0. The van der Waals surface area contributed by atoms with E-state index in [0.717, 1.165) is 6.42 Å². The molecular weight excluding hydrogens is 206 g/mol. The lowest BCUT2D eigenvalue weighted by Crippen LogP contribution is -2.31. The molecule has 15 heavy (non-hydrogen) atoms. The van der Waals surface area contributed by atoms with Gasteiger partial charge in [0, 0.05) is 12.8 Å². The number of rotatable bonds is 4. The Morgan fingerprint density at radius 1 is 1.40 bits per heavy atom. The smallest absolute Gasteiger partial charge is 0.187 e. The Balaban J connectivity index is 2.26. The highest BCUT2D eigenvalue weighted by Gasteiger charge is 1.93. The molecule has 0 aliphatic heterocycles. The van der Waals surface area contributed by atoms with Crippen molar-refractivity contribution >= 4 is 23.5 Å². The largest absolute Gasteiger partial charge is 0.357 e. The fourth-order valence-electron chi connectivity index (χ4n) is 1.01. The van der Waals surface area contributed by atoms with Gasteiger partial charge in [-0.25, -0.2) is 0 Å². The van der Waals surface area contributed by atoms with Crippen molar-refractivity contribution in [1.29, 1.82) is 0 Å². The van der Waals surface area contributed by atoms with E-state index >= 15 is 0 Å². The van der Waals surface area contributed by atoms with Gasteiger partial charge >= 0.3 is 0 Å². The van der Waals surface area contributed by atoms with Crippen molar-refractivity contribution in [2.75, 3.05) is 0 Å². The van der Waals surface area contributed by atoms with Gasteiger partial charge in [-0.1, -0.05) is 37.3 Å². The van der Waals surface area contributed by atoms with Crippen LogP contribution in [-0.2, 0) is 6.54 Å². The molecule has 0 amide bonds. The zero-order chi connectivity index (χ0) is 10.9. The van der Waals surface area contributed by atoms with Crippen LogP contribution in [0.4, 0.5) is 0 Å². The van der Waals surface area contributed by atoms with Gasteiger partial charge in [0.25, 0.3) is 0 Å². The molecule has 4 heteroatoms. The minimum absolute atomic E-state index is 0.545. The van der Waals surface area contributed by atoms with E-state index in [0.29, 0.717) is 11.7 Å². The number of benzene rings is 1. The van der Waals surface area contributed by atoms with Crippen molar-refractivity contribution in [3.63, 3.8) is 0 Å². The van der Waals surface area contributed by atoms with Crippen LogP contribution < -0.4 is 10.7 Å². The lowest BCUT2D eigenvalue weighted by atomic mass is 10.2. The molecule has 1 aromatic carbocycles. The monoisotopic (exact) mass is 221 g/mol. The van der Waals surface area contributed by atoms with E-state index in [2.05, 4.69) is 15.8 Å². The standard InChI is InChI=1S/C11H15N3S/c1-2-8-13-14-11(15)12-9-10-6-4-3-5-7-10/h3-8H,2,9H2,1H3,(H2,12,14,15). The van der Waals surface area contributed by atoms with Gasteiger partial charge in [0.05, 0.1) is 0 Å². The van der Waals surface area contributed by atoms with Crippen molar-refractivity contribution in [3.8, 4) is 0 Å². The number of nitrogens with one attached hydrogen (secondary N) is 2. The number of thiocarbonyl (C=S) groups is 1. The van der Waals surface area contributed by atoms with Gasteiger partial charge in [-0.3, -0.25) is 5.43 Å². The van der Waals surface area contributed by atoms with E-state index in [4.69, 9.17) is 12.2 Å². The van der Waals surface area contributed by atoms with Gasteiger partial charge in [0.15, 0.2) is 5.11 Å². The Bertz CT molecular complexity index is 322. The number of nitrogens with zero attached hydrogens (tertiary/aromatic N) is 1. The van der Waals surface area contributed by atoms with Gasteiger partial charge < -0.3 is 5.32 Å². The molecule has 0 atom stereocenters. The second kappa shape index (κ2) is 6.95. The first-order valence-electron chi connectivity index (χ1n) is 4.92. The summed E-state index contributed by atoms with van der Waals surface area (Å²) in [4.78, 5) is 0. The van der Waals surface area contributed by atoms with Crippen LogP contribution in [0.3, 0.4) is 0 Å². The third-order valence-electron chi connectivity index (χ3n) is 1.74. The third-order valence-corrected chi connectivity index (χ3v) is 1.97. The van der Waals surface area contributed by atoms with Crippen molar-refractivity contribution in [3.05, 3.63) is 35.9 Å². The average Bonchev–Trinajstić information content (AvgIpc) is 2.28. The maximum atomic E-state index is 5.03. The van der Waals surface area contributed by atoms with E-state index in [-0.39, 0.29) is 0 Å². The van der Waals surface area contributed by atoms with Crippen molar-refractivity contribution in [2.45, 2.75) is 19.9 Å². The van der Waals surface area contributed by atoms with Gasteiger partial charge in [-0.15, -0.1) is 0 Å². The molecule has 0 aromatic heterocycles. The highest BCUT2D eigenvalue weighted by molar-refractivity contribution is 7.80. The normalized spacial score (nSPS) is 10.2. The van der Waals surface area contributed by atoms with Gasteiger partial charge in [-0.05, 0) is 24.2 Å². The molecule has 0 heterocycles. The molecule has 0 radical (unpaired) electrons. The minimum atomic E-state index is 0.545. The fourth-order valence-corrected chi connectivity index (χ4v) is 1.14. The Kier molecular flexibility index (Phi) is 5.40. The van der Waals surface area contributed by atoms with Crippen LogP contribution in [0.2, 0.25) is 0 Å². The lowest BCUT2D eigenvalue weighted by Gasteiger charge is -2.06. The molecule has 0 unspecified atom stereocenters. The van der Waals surface area contributed by atoms with Crippen LogP contribution in [0.5, 0.6) is 0 Å². The molecule has 1 aromatic rings. The minimum Gasteiger partial charge on any atom is -0.357 e. The van der Waals surface area contributed by atoms with Crippen molar-refractivity contribution < 1.29 is 0 Å². The van der Waals surface area contributed by atoms with E-state index in [1.807, 2.05) is 37.3 Å². The molecule has 0 aliphatic rings. The van der Waals surface area contributed by atoms with Crippen molar-refractivity contribution in [1.82, 2.24) is 10.7 Å². The molecule has 80 valence electrons. The number of hydrogen-bond donors (Lipinski definition) is 2. The van der Waals surface area contributed by atoms with Crippen LogP contribution in [0.1, 0.15) is 18.9 Å². The maximum Gasteiger partial charge on any atom is 0.187 e. The average molecular weight is 221 g/mol. The molecule has 3 nitrogen and oxygen atoms in total. The van der Waals surface area contributed by atoms with E-state index in [9.17, 15) is 0 Å². The number of hydrazone groups is 1. The molecular formula is C11H15N3S. The summed E-state index contributed by atoms with van der Waals surface area (Å²) in [6.45, 7) is 2.74. The van der Waals surface area contributed by atoms with E-state index in [1.54, 1.807) is 6.21 Å². The predicted octanol–water partition coefficient (Wildman–Crippen LogP) is 2.05. The highest BCUT2D eigenvalue weighted by atomic mass is 32.1. The Labute approximate surface area is 95.6 Å².